The quantitative estimate of drug-likeness (QED) is 0.430. The van der Waals surface area contributed by atoms with Gasteiger partial charge in [0.1, 0.15) is 11.3 Å². The van der Waals surface area contributed by atoms with Gasteiger partial charge in [-0.3, -0.25) is 4.90 Å². The van der Waals surface area contributed by atoms with Crippen LogP contribution in [-0.2, 0) is 0 Å². The normalized spacial score (nSPS) is 23.3. The molecule has 0 saturated carbocycles. The first-order chi connectivity index (χ1) is 16.4. The van der Waals surface area contributed by atoms with Crippen LogP contribution in [0.4, 0.5) is 5.82 Å². The number of nitrogens with zero attached hydrogens (tertiary/aromatic N) is 6. The summed E-state index contributed by atoms with van der Waals surface area (Å²) in [6.07, 6.45) is 8.54. The van der Waals surface area contributed by atoms with Gasteiger partial charge >= 0.3 is 0 Å². The van der Waals surface area contributed by atoms with Gasteiger partial charge in [0.05, 0.1) is 17.9 Å². The minimum atomic E-state index is -0.0850. The number of hydrogen-bond donors (Lipinski definition) is 0. The van der Waals surface area contributed by atoms with E-state index in [1.54, 1.807) is 6.07 Å². The van der Waals surface area contributed by atoms with Gasteiger partial charge in [0.25, 0.3) is 0 Å². The molecule has 182 valence electrons. The highest BCUT2D eigenvalue weighted by atomic mass is 35.5. The molecule has 8 heteroatoms. The summed E-state index contributed by atoms with van der Waals surface area (Å²) in [6.45, 7) is 11.0. The molecule has 6 nitrogen and oxygen atoms in total. The van der Waals surface area contributed by atoms with Gasteiger partial charge < -0.3 is 4.90 Å². The van der Waals surface area contributed by atoms with Crippen molar-refractivity contribution in [2.45, 2.75) is 65.0 Å². The first-order valence-electron chi connectivity index (χ1n) is 12.6. The van der Waals surface area contributed by atoms with Crippen LogP contribution in [0.25, 0.3) is 11.2 Å². The molecule has 0 N–H and O–H groups in total. The molecule has 0 bridgehead atoms. The number of rotatable bonds is 4. The number of likely N-dealkylation sites (tertiary alicyclic amines) is 1. The summed E-state index contributed by atoms with van der Waals surface area (Å²) in [5, 5.41) is 6.05. The van der Waals surface area contributed by atoms with Crippen LogP contribution in [0.5, 0.6) is 0 Å². The smallest absolute Gasteiger partial charge is 0.179 e. The minimum absolute atomic E-state index is 0.0850. The Bertz CT molecular complexity index is 1150. The van der Waals surface area contributed by atoms with E-state index >= 15 is 0 Å². The highest BCUT2D eigenvalue weighted by molar-refractivity contribution is 6.35. The third-order valence-electron chi connectivity index (χ3n) is 7.63. The molecule has 0 radical (unpaired) electrons. The molecule has 34 heavy (non-hydrogen) atoms. The summed E-state index contributed by atoms with van der Waals surface area (Å²) in [4.78, 5) is 15.0. The van der Waals surface area contributed by atoms with Crippen LogP contribution < -0.4 is 4.90 Å². The van der Waals surface area contributed by atoms with Gasteiger partial charge in [-0.2, -0.15) is 5.10 Å². The molecule has 1 aromatic carbocycles. The summed E-state index contributed by atoms with van der Waals surface area (Å²) in [7, 11) is 0. The van der Waals surface area contributed by atoms with Crippen molar-refractivity contribution in [1.29, 1.82) is 0 Å². The molecule has 3 aromatic rings. The lowest BCUT2D eigenvalue weighted by molar-refractivity contribution is 0.132. The van der Waals surface area contributed by atoms with Crippen LogP contribution in [0.15, 0.2) is 24.4 Å². The van der Waals surface area contributed by atoms with Gasteiger partial charge in [0.15, 0.2) is 5.65 Å². The van der Waals surface area contributed by atoms with E-state index < -0.39 is 0 Å². The number of aromatic nitrogens is 4. The van der Waals surface area contributed by atoms with Gasteiger partial charge in [0.2, 0.25) is 0 Å². The minimum Gasteiger partial charge on any atom is -0.355 e. The fraction of sp³-hybridized carbons (Fsp3) is 0.577. The van der Waals surface area contributed by atoms with Crippen LogP contribution in [-0.4, -0.2) is 56.9 Å². The lowest BCUT2D eigenvalue weighted by atomic mass is 9.92. The Morgan fingerprint density at radius 3 is 2.53 bits per heavy atom. The third kappa shape index (κ3) is 4.65. The number of anilines is 1. The fourth-order valence-corrected chi connectivity index (χ4v) is 6.31. The zero-order valence-electron chi connectivity index (χ0n) is 20.3. The standard InChI is InChI=1S/C26H34Cl2N6/c1-17-16-33(13-10-23(17)32-11-6-4-5-7-12-32)24-15-29-25-18(2)31-34(26(25)30-24)19(3)21-9-8-20(27)14-22(21)28/h8-9,14-15,17,19,23H,4-7,10-13,16H2,1-3H3/t17-,19+,23?/m0/s1. The molecule has 3 atom stereocenters. The Labute approximate surface area is 212 Å². The zero-order chi connectivity index (χ0) is 23.8. The summed E-state index contributed by atoms with van der Waals surface area (Å²) in [6, 6.07) is 6.19. The van der Waals surface area contributed by atoms with E-state index in [4.69, 9.17) is 38.3 Å². The van der Waals surface area contributed by atoms with Gasteiger partial charge in [-0.25, -0.2) is 14.6 Å². The molecule has 2 aliphatic rings. The Morgan fingerprint density at radius 2 is 1.82 bits per heavy atom. The SMILES string of the molecule is Cc1nn([C@H](C)c2ccc(Cl)cc2Cl)c2nc(N3CCC(N4CCCCCC4)[C@@H](C)C3)cnc12. The lowest BCUT2D eigenvalue weighted by Gasteiger charge is -2.42. The van der Waals surface area contributed by atoms with Gasteiger partial charge in [0, 0.05) is 29.2 Å². The summed E-state index contributed by atoms with van der Waals surface area (Å²) < 4.78 is 1.95. The maximum absolute atomic E-state index is 6.52. The fourth-order valence-electron chi connectivity index (χ4n) is 5.75. The molecule has 2 aromatic heterocycles. The predicted molar refractivity (Wildman–Crippen MR) is 140 cm³/mol. The highest BCUT2D eigenvalue weighted by Gasteiger charge is 2.32. The van der Waals surface area contributed by atoms with E-state index in [2.05, 4.69) is 23.6 Å². The molecule has 0 aliphatic carbocycles. The number of aryl methyl sites for hydroxylation is 1. The van der Waals surface area contributed by atoms with Crippen molar-refractivity contribution < 1.29 is 0 Å². The summed E-state index contributed by atoms with van der Waals surface area (Å²) in [5.74, 6) is 1.53. The number of halogens is 2. The molecule has 0 amide bonds. The van der Waals surface area contributed by atoms with Crippen LogP contribution in [0.1, 0.15) is 63.3 Å². The van der Waals surface area contributed by atoms with Crippen molar-refractivity contribution in [3.05, 3.63) is 45.7 Å². The molecule has 5 rings (SSSR count). The van der Waals surface area contributed by atoms with Gasteiger partial charge in [-0.15, -0.1) is 0 Å². The maximum atomic E-state index is 6.52. The van der Waals surface area contributed by atoms with E-state index in [0.29, 0.717) is 22.0 Å². The van der Waals surface area contributed by atoms with Crippen molar-refractivity contribution in [2.24, 2.45) is 5.92 Å². The van der Waals surface area contributed by atoms with E-state index in [1.165, 1.54) is 45.2 Å². The number of piperidine rings is 1. The highest BCUT2D eigenvalue weighted by Crippen LogP contribution is 2.32. The summed E-state index contributed by atoms with van der Waals surface area (Å²) >= 11 is 12.6. The van der Waals surface area contributed by atoms with Crippen molar-refractivity contribution in [2.75, 3.05) is 31.1 Å². The second kappa shape index (κ2) is 10.00. The molecule has 0 spiro atoms. The predicted octanol–water partition coefficient (Wildman–Crippen LogP) is 6.14. The molecular weight excluding hydrogens is 467 g/mol. The first kappa shape index (κ1) is 23.8. The van der Waals surface area contributed by atoms with Crippen molar-refractivity contribution in [3.63, 3.8) is 0 Å². The van der Waals surface area contributed by atoms with E-state index in [-0.39, 0.29) is 6.04 Å². The Kier molecular flexibility index (Phi) is 7.01. The number of hydrogen-bond acceptors (Lipinski definition) is 5. The van der Waals surface area contributed by atoms with Crippen molar-refractivity contribution >= 4 is 40.2 Å². The van der Waals surface area contributed by atoms with Crippen LogP contribution in [0.3, 0.4) is 0 Å². The molecule has 2 aliphatic heterocycles. The van der Waals surface area contributed by atoms with Crippen LogP contribution in [0, 0.1) is 12.8 Å². The average Bonchev–Trinajstić information content (AvgIpc) is 2.98. The molecular formula is C26H34Cl2N6. The third-order valence-corrected chi connectivity index (χ3v) is 8.19. The topological polar surface area (TPSA) is 50.1 Å². The molecule has 1 unspecified atom stereocenters. The molecule has 2 fully saturated rings. The second-order valence-electron chi connectivity index (χ2n) is 10.0. The maximum Gasteiger partial charge on any atom is 0.179 e. The Morgan fingerprint density at radius 1 is 1.06 bits per heavy atom. The van der Waals surface area contributed by atoms with E-state index in [9.17, 15) is 0 Å². The number of benzene rings is 1. The van der Waals surface area contributed by atoms with Crippen LogP contribution in [0.2, 0.25) is 10.0 Å². The Hall–Kier alpha value is -1.89. The first-order valence-corrected chi connectivity index (χ1v) is 13.3. The number of fused-ring (bicyclic) bond motifs is 1. The van der Waals surface area contributed by atoms with Gasteiger partial charge in [-0.1, -0.05) is 49.0 Å². The van der Waals surface area contributed by atoms with Crippen molar-refractivity contribution in [1.82, 2.24) is 24.6 Å². The van der Waals surface area contributed by atoms with E-state index in [0.717, 1.165) is 41.3 Å². The summed E-state index contributed by atoms with van der Waals surface area (Å²) in [5.41, 5.74) is 3.48. The van der Waals surface area contributed by atoms with E-state index in [1.807, 2.05) is 29.9 Å². The largest absolute Gasteiger partial charge is 0.355 e. The van der Waals surface area contributed by atoms with Crippen LogP contribution >= 0.6 is 23.2 Å². The van der Waals surface area contributed by atoms with Crippen molar-refractivity contribution in [3.8, 4) is 0 Å². The molecule has 2 saturated heterocycles. The van der Waals surface area contributed by atoms with Gasteiger partial charge in [-0.05, 0) is 69.8 Å². The monoisotopic (exact) mass is 500 g/mol. The second-order valence-corrected chi connectivity index (χ2v) is 10.8. The molecule has 4 heterocycles. The Balaban J connectivity index is 1.40. The average molecular weight is 502 g/mol. The zero-order valence-corrected chi connectivity index (χ0v) is 21.9. The lowest BCUT2D eigenvalue weighted by Crippen LogP contribution is -2.50.